The molecule has 5 rings (SSSR count). The minimum absolute atomic E-state index is 0.0234. The smallest absolute Gasteiger partial charge is 0.182 e. The first kappa shape index (κ1) is 19.7. The van der Waals surface area contributed by atoms with Crippen LogP contribution in [-0.2, 0) is 5.41 Å². The average molecular weight is 413 g/mol. The number of aromatic amines is 1. The summed E-state index contributed by atoms with van der Waals surface area (Å²) in [7, 11) is 0. The van der Waals surface area contributed by atoms with Crippen molar-refractivity contribution in [3.05, 3.63) is 71.8 Å². The summed E-state index contributed by atoms with van der Waals surface area (Å²) in [5, 5.41) is 0. The number of nitrogens with one attached hydrogen (secondary N) is 1. The number of H-pyrrole nitrogens is 1. The van der Waals surface area contributed by atoms with Crippen LogP contribution in [0.4, 0.5) is 5.82 Å². The molecule has 3 N–H and O–H groups in total. The lowest BCUT2D eigenvalue weighted by atomic mass is 9.72. The summed E-state index contributed by atoms with van der Waals surface area (Å²) in [4.78, 5) is 18.5. The molecule has 0 saturated carbocycles. The molecule has 31 heavy (non-hydrogen) atoms. The Morgan fingerprint density at radius 3 is 2.68 bits per heavy atom. The first-order chi connectivity index (χ1) is 15.1. The molecule has 1 aliphatic heterocycles. The normalized spacial score (nSPS) is 16.0. The van der Waals surface area contributed by atoms with Crippen molar-refractivity contribution in [2.75, 3.05) is 24.5 Å². The van der Waals surface area contributed by atoms with Gasteiger partial charge in [-0.15, -0.1) is 0 Å². The summed E-state index contributed by atoms with van der Waals surface area (Å²) in [6.07, 6.45) is 5.24. The number of benzene rings is 2. The number of nitrogens with two attached hydrogens (primary N) is 1. The van der Waals surface area contributed by atoms with Crippen molar-refractivity contribution in [3.63, 3.8) is 0 Å². The fourth-order valence-electron chi connectivity index (χ4n) is 4.81. The zero-order chi connectivity index (χ0) is 21.4. The Balaban J connectivity index is 1.44. The molecule has 6 heteroatoms. The van der Waals surface area contributed by atoms with Gasteiger partial charge in [-0.1, -0.05) is 48.0 Å². The minimum Gasteiger partial charge on any atom is -0.355 e. The van der Waals surface area contributed by atoms with Gasteiger partial charge in [0.05, 0.1) is 6.33 Å². The monoisotopic (exact) mass is 412 g/mol. The van der Waals surface area contributed by atoms with Crippen LogP contribution in [0.1, 0.15) is 29.5 Å². The molecule has 1 aliphatic rings. The van der Waals surface area contributed by atoms with Crippen molar-refractivity contribution in [3.8, 4) is 11.1 Å². The quantitative estimate of drug-likeness (QED) is 0.526. The van der Waals surface area contributed by atoms with E-state index in [2.05, 4.69) is 81.1 Å². The maximum atomic E-state index is 6.41. The summed E-state index contributed by atoms with van der Waals surface area (Å²) in [5.74, 6) is 0.928. The van der Waals surface area contributed by atoms with E-state index in [0.29, 0.717) is 12.2 Å². The topological polar surface area (TPSA) is 83.7 Å². The van der Waals surface area contributed by atoms with Gasteiger partial charge in [0, 0.05) is 25.0 Å². The average Bonchev–Trinajstić information content (AvgIpc) is 3.30. The van der Waals surface area contributed by atoms with E-state index in [4.69, 9.17) is 5.73 Å². The fourth-order valence-corrected chi connectivity index (χ4v) is 4.81. The van der Waals surface area contributed by atoms with Crippen LogP contribution in [0.25, 0.3) is 22.3 Å². The lowest BCUT2D eigenvalue weighted by Gasteiger charge is -2.42. The number of aromatic nitrogens is 4. The number of rotatable bonds is 4. The van der Waals surface area contributed by atoms with E-state index >= 15 is 0 Å². The molecule has 0 amide bonds. The SMILES string of the molecule is Cc1ccc(C)c(-c2cccc(C3(CN)CCN(c4ncnc5nc[nH]c45)CC3)c2)c1. The van der Waals surface area contributed by atoms with Crippen molar-refractivity contribution >= 4 is 17.0 Å². The Morgan fingerprint density at radius 2 is 1.87 bits per heavy atom. The van der Waals surface area contributed by atoms with Crippen molar-refractivity contribution in [1.82, 2.24) is 19.9 Å². The number of hydrogen-bond acceptors (Lipinski definition) is 5. The molecule has 158 valence electrons. The molecule has 6 nitrogen and oxygen atoms in total. The fraction of sp³-hybridized carbons (Fsp3) is 0.320. The van der Waals surface area contributed by atoms with E-state index in [-0.39, 0.29) is 5.41 Å². The maximum absolute atomic E-state index is 6.41. The molecular weight excluding hydrogens is 384 g/mol. The zero-order valence-corrected chi connectivity index (χ0v) is 18.1. The number of hydrogen-bond donors (Lipinski definition) is 2. The first-order valence-electron chi connectivity index (χ1n) is 10.9. The Bertz CT molecular complexity index is 1220. The van der Waals surface area contributed by atoms with Gasteiger partial charge in [0.1, 0.15) is 11.8 Å². The summed E-state index contributed by atoms with van der Waals surface area (Å²) >= 11 is 0. The molecule has 0 atom stereocenters. The van der Waals surface area contributed by atoms with Crippen molar-refractivity contribution < 1.29 is 0 Å². The molecule has 1 fully saturated rings. The second-order valence-corrected chi connectivity index (χ2v) is 8.67. The highest BCUT2D eigenvalue weighted by molar-refractivity contribution is 5.82. The lowest BCUT2D eigenvalue weighted by Crippen LogP contribution is -2.47. The highest BCUT2D eigenvalue weighted by atomic mass is 15.2. The highest BCUT2D eigenvalue weighted by Crippen LogP contribution is 2.38. The second kappa shape index (κ2) is 7.78. The van der Waals surface area contributed by atoms with E-state index in [0.717, 1.165) is 37.3 Å². The summed E-state index contributed by atoms with van der Waals surface area (Å²) in [5.41, 5.74) is 14.5. The van der Waals surface area contributed by atoms with Gasteiger partial charge in [-0.2, -0.15) is 0 Å². The number of imidazole rings is 1. The summed E-state index contributed by atoms with van der Waals surface area (Å²) in [6, 6.07) is 15.6. The van der Waals surface area contributed by atoms with Gasteiger partial charge in [-0.3, -0.25) is 0 Å². The lowest BCUT2D eigenvalue weighted by molar-refractivity contribution is 0.339. The Hall–Kier alpha value is -3.25. The predicted octanol–water partition coefficient (Wildman–Crippen LogP) is 4.13. The Kier molecular flexibility index (Phi) is 4.94. The van der Waals surface area contributed by atoms with Crippen molar-refractivity contribution in [2.24, 2.45) is 5.73 Å². The van der Waals surface area contributed by atoms with Crippen LogP contribution in [0.15, 0.2) is 55.1 Å². The van der Waals surface area contributed by atoms with Gasteiger partial charge in [-0.25, -0.2) is 15.0 Å². The van der Waals surface area contributed by atoms with Gasteiger partial charge in [0.2, 0.25) is 0 Å². The highest BCUT2D eigenvalue weighted by Gasteiger charge is 2.36. The molecule has 0 aliphatic carbocycles. The molecule has 3 heterocycles. The first-order valence-corrected chi connectivity index (χ1v) is 10.9. The van der Waals surface area contributed by atoms with Gasteiger partial charge in [0.25, 0.3) is 0 Å². The largest absolute Gasteiger partial charge is 0.355 e. The van der Waals surface area contributed by atoms with Crippen molar-refractivity contribution in [2.45, 2.75) is 32.1 Å². The van der Waals surface area contributed by atoms with E-state index in [1.54, 1.807) is 12.7 Å². The summed E-state index contributed by atoms with van der Waals surface area (Å²) < 4.78 is 0. The van der Waals surface area contributed by atoms with Gasteiger partial charge in [0.15, 0.2) is 11.5 Å². The van der Waals surface area contributed by atoms with Crippen LogP contribution in [-0.4, -0.2) is 39.6 Å². The predicted molar refractivity (Wildman–Crippen MR) is 125 cm³/mol. The second-order valence-electron chi connectivity index (χ2n) is 8.67. The van der Waals surface area contributed by atoms with Crippen LogP contribution in [0.5, 0.6) is 0 Å². The molecule has 0 spiro atoms. The Labute approximate surface area is 182 Å². The van der Waals surface area contributed by atoms with E-state index in [1.807, 2.05) is 0 Å². The third-order valence-corrected chi connectivity index (χ3v) is 6.79. The van der Waals surface area contributed by atoms with E-state index in [1.165, 1.54) is 27.8 Å². The van der Waals surface area contributed by atoms with Crippen LogP contribution in [0.3, 0.4) is 0 Å². The minimum atomic E-state index is -0.0234. The van der Waals surface area contributed by atoms with Crippen LogP contribution in [0, 0.1) is 13.8 Å². The molecule has 2 aromatic carbocycles. The molecule has 0 unspecified atom stereocenters. The Morgan fingerprint density at radius 1 is 1.03 bits per heavy atom. The third-order valence-electron chi connectivity index (χ3n) is 6.79. The standard InChI is InChI=1S/C25H28N6/c1-17-6-7-18(2)21(12-17)19-4-3-5-20(13-19)25(14-26)8-10-31(11-9-25)24-22-23(28-15-27-22)29-16-30-24/h3-7,12-13,15-16H,8-11,14,26H2,1-2H3,(H,27,28,29,30). The number of piperidine rings is 1. The molecule has 1 saturated heterocycles. The third kappa shape index (κ3) is 3.47. The molecular formula is C25H28N6. The number of fused-ring (bicyclic) bond motifs is 1. The molecule has 2 aromatic heterocycles. The summed E-state index contributed by atoms with van der Waals surface area (Å²) in [6.45, 7) is 6.76. The molecule has 4 aromatic rings. The number of aryl methyl sites for hydroxylation is 2. The van der Waals surface area contributed by atoms with E-state index < -0.39 is 0 Å². The number of anilines is 1. The number of nitrogens with zero attached hydrogens (tertiary/aromatic N) is 4. The van der Waals surface area contributed by atoms with Crippen molar-refractivity contribution in [1.29, 1.82) is 0 Å². The van der Waals surface area contributed by atoms with Gasteiger partial charge in [-0.05, 0) is 48.9 Å². The van der Waals surface area contributed by atoms with E-state index in [9.17, 15) is 0 Å². The van der Waals surface area contributed by atoms with Crippen LogP contribution < -0.4 is 10.6 Å². The van der Waals surface area contributed by atoms with Gasteiger partial charge >= 0.3 is 0 Å². The van der Waals surface area contributed by atoms with Crippen LogP contribution in [0.2, 0.25) is 0 Å². The molecule has 0 bridgehead atoms. The van der Waals surface area contributed by atoms with Crippen LogP contribution >= 0.6 is 0 Å². The van der Waals surface area contributed by atoms with Gasteiger partial charge < -0.3 is 15.6 Å². The zero-order valence-electron chi connectivity index (χ0n) is 18.1. The maximum Gasteiger partial charge on any atom is 0.182 e. The molecule has 0 radical (unpaired) electrons.